The molecular formula is C33H33IrN6O3. The monoisotopic (exact) mass is 754 g/mol. The van der Waals surface area contributed by atoms with Gasteiger partial charge in [0.05, 0.1) is 24.6 Å². The summed E-state index contributed by atoms with van der Waals surface area (Å²) in [5.41, 5.74) is 4.32. The molecule has 0 radical (unpaired) electrons. The molecule has 6 aromatic rings. The van der Waals surface area contributed by atoms with E-state index in [0.717, 1.165) is 51.0 Å². The van der Waals surface area contributed by atoms with Gasteiger partial charge in [-0.2, -0.15) is 0 Å². The van der Waals surface area contributed by atoms with Crippen LogP contribution in [0.1, 0.15) is 11.1 Å². The largest absolute Gasteiger partial charge is 3.00 e. The molecule has 0 bridgehead atoms. The summed E-state index contributed by atoms with van der Waals surface area (Å²) in [5, 5.41) is 18.3. The molecule has 6 rings (SSSR count). The summed E-state index contributed by atoms with van der Waals surface area (Å²) >= 11 is 0. The van der Waals surface area contributed by atoms with Gasteiger partial charge in [0.2, 0.25) is 0 Å². The first kappa shape index (κ1) is 33.2. The minimum atomic E-state index is 0. The minimum absolute atomic E-state index is 0. The first-order chi connectivity index (χ1) is 20.5. The predicted octanol–water partition coefficient (Wildman–Crippen LogP) is 4.65. The van der Waals surface area contributed by atoms with Crippen molar-refractivity contribution < 1.29 is 35.1 Å². The Hall–Kier alpha value is -4.34. The van der Waals surface area contributed by atoms with Crippen molar-refractivity contribution >= 4 is 0 Å². The molecule has 3 aromatic carbocycles. The number of rotatable bonds is 6. The van der Waals surface area contributed by atoms with Gasteiger partial charge >= 0.3 is 20.1 Å². The quantitative estimate of drug-likeness (QED) is 0.240. The average Bonchev–Trinajstić information content (AvgIpc) is 3.78. The third-order valence-corrected chi connectivity index (χ3v) is 6.40. The molecule has 0 aliphatic carbocycles. The fraction of sp³-hybridized carbons (Fsp3) is 0.182. The number of benzene rings is 3. The average molecular weight is 754 g/mol. The summed E-state index contributed by atoms with van der Waals surface area (Å²) in [6.07, 6.45) is 10.9. The molecule has 3 aromatic heterocycles. The van der Waals surface area contributed by atoms with Gasteiger partial charge in [-0.05, 0) is 0 Å². The predicted molar refractivity (Wildman–Crippen MR) is 161 cm³/mol. The van der Waals surface area contributed by atoms with Crippen LogP contribution in [0.3, 0.4) is 0 Å². The molecule has 9 nitrogen and oxygen atoms in total. The normalized spacial score (nSPS) is 10.1. The van der Waals surface area contributed by atoms with E-state index in [9.17, 15) is 0 Å². The third-order valence-electron chi connectivity index (χ3n) is 6.40. The molecule has 0 amide bonds. The van der Waals surface area contributed by atoms with Crippen molar-refractivity contribution in [2.24, 2.45) is 21.1 Å². The number of nitrogens with zero attached hydrogens (tertiary/aromatic N) is 6. The summed E-state index contributed by atoms with van der Waals surface area (Å²) in [5.74, 6) is 3.31. The van der Waals surface area contributed by atoms with Gasteiger partial charge in [0.25, 0.3) is 0 Å². The van der Waals surface area contributed by atoms with E-state index in [1.54, 1.807) is 25.7 Å². The molecule has 10 heteroatoms. The Morgan fingerprint density at radius 2 is 1.00 bits per heavy atom. The van der Waals surface area contributed by atoms with Crippen LogP contribution in [0.25, 0.3) is 34.2 Å². The molecule has 222 valence electrons. The molecule has 0 atom stereocenters. The van der Waals surface area contributed by atoms with Crippen molar-refractivity contribution in [3.63, 3.8) is 0 Å². The van der Waals surface area contributed by atoms with E-state index in [0.29, 0.717) is 0 Å². The molecule has 0 spiro atoms. The molecule has 3 heterocycles. The van der Waals surface area contributed by atoms with Crippen molar-refractivity contribution in [3.05, 3.63) is 121 Å². The van der Waals surface area contributed by atoms with Gasteiger partial charge in [-0.3, -0.25) is 15.0 Å². The van der Waals surface area contributed by atoms with Gasteiger partial charge in [-0.15, -0.1) is 95.1 Å². The van der Waals surface area contributed by atoms with Crippen LogP contribution in [0, 0.1) is 18.2 Å². The minimum Gasteiger partial charge on any atom is -0.540 e. The van der Waals surface area contributed by atoms with Crippen LogP contribution in [-0.4, -0.2) is 46.0 Å². The van der Waals surface area contributed by atoms with Gasteiger partial charge < -0.3 is 28.7 Å². The van der Waals surface area contributed by atoms with E-state index in [2.05, 4.69) is 33.2 Å². The van der Waals surface area contributed by atoms with Gasteiger partial charge in [-0.25, -0.2) is 0 Å². The van der Waals surface area contributed by atoms with E-state index in [4.69, 9.17) is 14.9 Å². The van der Waals surface area contributed by atoms with Crippen LogP contribution in [-0.2, 0) is 54.5 Å². The van der Waals surface area contributed by atoms with Crippen molar-refractivity contribution in [1.82, 2.24) is 28.7 Å². The molecule has 0 saturated carbocycles. The zero-order valence-electron chi connectivity index (χ0n) is 24.4. The molecule has 0 unspecified atom stereocenters. The Bertz CT molecular complexity index is 1510. The number of aromatic nitrogens is 6. The van der Waals surface area contributed by atoms with Crippen LogP contribution in [0.2, 0.25) is 0 Å². The Kier molecular flexibility index (Phi) is 12.6. The number of hydrogen-bond acceptors (Lipinski definition) is 6. The number of aliphatic hydroxyl groups is 2. The fourth-order valence-electron chi connectivity index (χ4n) is 4.21. The molecule has 0 aliphatic heterocycles. The molecule has 43 heavy (non-hydrogen) atoms. The Balaban J connectivity index is 0.000000175. The van der Waals surface area contributed by atoms with Gasteiger partial charge in [0.1, 0.15) is 0 Å². The fourth-order valence-corrected chi connectivity index (χ4v) is 4.21. The summed E-state index contributed by atoms with van der Waals surface area (Å²) in [7, 11) is 7.44. The first-order valence-electron chi connectivity index (χ1n) is 13.2. The van der Waals surface area contributed by atoms with Gasteiger partial charge in [0.15, 0.2) is 0 Å². The van der Waals surface area contributed by atoms with Crippen LogP contribution in [0.4, 0.5) is 0 Å². The maximum Gasteiger partial charge on any atom is 3.00 e. The maximum absolute atomic E-state index is 9.15. The second kappa shape index (κ2) is 16.3. The first-order valence-corrected chi connectivity index (χ1v) is 13.2. The third kappa shape index (κ3) is 8.15. The molecule has 0 fully saturated rings. The zero-order chi connectivity index (χ0) is 29.9. The van der Waals surface area contributed by atoms with E-state index in [1.165, 1.54) is 0 Å². The SMILES string of the molecule is COc1ccc[c-]c1-c1nccn1C.Cn1ccnc1-c1[c-]cccc1CO.Cn1ccnc1-c1[c-]cccc1CO.[Ir+3]. The zero-order valence-corrected chi connectivity index (χ0v) is 26.8. The van der Waals surface area contributed by atoms with Gasteiger partial charge in [-0.1, -0.05) is 5.56 Å². The van der Waals surface area contributed by atoms with Crippen LogP contribution >= 0.6 is 0 Å². The molecular weight excluding hydrogens is 721 g/mol. The van der Waals surface area contributed by atoms with E-state index < -0.39 is 0 Å². The molecule has 2 N–H and O–H groups in total. The number of ether oxygens (including phenoxy) is 1. The Morgan fingerprint density at radius 1 is 0.628 bits per heavy atom. The Labute approximate surface area is 265 Å². The van der Waals surface area contributed by atoms with E-state index in [1.807, 2.05) is 108 Å². The Morgan fingerprint density at radius 3 is 1.35 bits per heavy atom. The topological polar surface area (TPSA) is 103 Å². The van der Waals surface area contributed by atoms with Crippen molar-refractivity contribution in [3.8, 4) is 39.9 Å². The second-order valence-electron chi connectivity index (χ2n) is 9.16. The maximum atomic E-state index is 9.15. The van der Waals surface area contributed by atoms with Gasteiger partial charge in [0, 0.05) is 77.3 Å². The van der Waals surface area contributed by atoms with Crippen molar-refractivity contribution in [1.29, 1.82) is 0 Å². The second-order valence-corrected chi connectivity index (χ2v) is 9.16. The number of methoxy groups -OCH3 is 1. The number of imidazole rings is 3. The van der Waals surface area contributed by atoms with Crippen LogP contribution < -0.4 is 4.74 Å². The number of aryl methyl sites for hydroxylation is 3. The van der Waals surface area contributed by atoms with Crippen molar-refractivity contribution in [2.75, 3.05) is 7.11 Å². The van der Waals surface area contributed by atoms with E-state index in [-0.39, 0.29) is 33.3 Å². The van der Waals surface area contributed by atoms with Crippen molar-refractivity contribution in [2.45, 2.75) is 13.2 Å². The number of aliphatic hydroxyl groups excluding tert-OH is 2. The summed E-state index contributed by atoms with van der Waals surface area (Å²) in [6.45, 7) is 0.0269. The summed E-state index contributed by atoms with van der Waals surface area (Å²) in [6, 6.07) is 26.1. The molecule has 0 aliphatic rings. The summed E-state index contributed by atoms with van der Waals surface area (Å²) < 4.78 is 11.0. The smallest absolute Gasteiger partial charge is 0.540 e. The molecule has 0 saturated heterocycles. The van der Waals surface area contributed by atoms with E-state index >= 15 is 0 Å². The van der Waals surface area contributed by atoms with Crippen LogP contribution in [0.15, 0.2) is 91.8 Å². The van der Waals surface area contributed by atoms with Crippen LogP contribution in [0.5, 0.6) is 5.75 Å². The standard InChI is InChI=1S/3C11H11N2O.Ir/c1-13-8-7-12-11(13)9-5-3-4-6-10(9)14-2;2*1-13-7-6-12-11(13)10-5-3-2-4-9(10)8-14;/h3-4,6-8H,1-2H3;2*2-4,6-7,14H,8H2,1H3;/q3*-1;+3. The summed E-state index contributed by atoms with van der Waals surface area (Å²) in [4.78, 5) is 12.7. The number of hydrogen-bond donors (Lipinski definition) is 2.